The maximum absolute atomic E-state index is 12.8. The molecule has 2 heterocycles. The molecule has 0 fully saturated rings. The van der Waals surface area contributed by atoms with Crippen molar-refractivity contribution in [2.75, 3.05) is 0 Å². The van der Waals surface area contributed by atoms with Crippen molar-refractivity contribution in [2.24, 2.45) is 0 Å². The Bertz CT molecular complexity index is 601. The lowest BCUT2D eigenvalue weighted by Gasteiger charge is -2.13. The number of hydrogen-bond acceptors (Lipinski definition) is 2. The lowest BCUT2D eigenvalue weighted by Crippen LogP contribution is -2.21. The minimum Gasteiger partial charge on any atom is -0.296 e. The van der Waals surface area contributed by atoms with Gasteiger partial charge in [-0.2, -0.15) is 13.2 Å². The van der Waals surface area contributed by atoms with Crippen LogP contribution in [0.3, 0.4) is 0 Å². The van der Waals surface area contributed by atoms with E-state index in [1.807, 2.05) is 0 Å². The average Bonchev–Trinajstić information content (AvgIpc) is 2.17. The Kier molecular flexibility index (Phi) is 2.22. The van der Waals surface area contributed by atoms with Gasteiger partial charge < -0.3 is 0 Å². The number of rotatable bonds is 0. The molecule has 0 aliphatic carbocycles. The topological polar surface area (TPSA) is 34.4 Å². The summed E-state index contributed by atoms with van der Waals surface area (Å²) in [7, 11) is 0. The Morgan fingerprint density at radius 3 is 2.69 bits per heavy atom. The number of halogens is 3. The summed E-state index contributed by atoms with van der Waals surface area (Å²) in [5, 5.41) is 0. The highest BCUT2D eigenvalue weighted by molar-refractivity contribution is 5.48. The predicted molar refractivity (Wildman–Crippen MR) is 51.2 cm³/mol. The highest BCUT2D eigenvalue weighted by Gasteiger charge is 2.36. The maximum atomic E-state index is 12.8. The van der Waals surface area contributed by atoms with Crippen LogP contribution in [0.25, 0.3) is 5.52 Å². The Balaban J connectivity index is 2.99. The summed E-state index contributed by atoms with van der Waals surface area (Å²) in [5.41, 5.74) is -1.74. The molecule has 0 spiro atoms. The molecule has 0 aromatic carbocycles. The van der Waals surface area contributed by atoms with E-state index in [-0.39, 0.29) is 11.1 Å². The second-order valence-corrected chi connectivity index (χ2v) is 3.36. The van der Waals surface area contributed by atoms with Crippen LogP contribution in [-0.2, 0) is 6.18 Å². The molecule has 84 valence electrons. The SMILES string of the molecule is Cc1c(C(F)(F)F)n2cnccc2cc1=O. The second-order valence-electron chi connectivity index (χ2n) is 3.36. The van der Waals surface area contributed by atoms with Crippen molar-refractivity contribution in [3.63, 3.8) is 0 Å². The quantitative estimate of drug-likeness (QED) is 0.691. The Morgan fingerprint density at radius 1 is 1.38 bits per heavy atom. The van der Waals surface area contributed by atoms with E-state index in [9.17, 15) is 18.0 Å². The number of alkyl halides is 3. The molecule has 16 heavy (non-hydrogen) atoms. The molecule has 0 unspecified atom stereocenters. The van der Waals surface area contributed by atoms with Crippen LogP contribution in [0.2, 0.25) is 0 Å². The van der Waals surface area contributed by atoms with Gasteiger partial charge in [0.15, 0.2) is 5.43 Å². The fourth-order valence-electron chi connectivity index (χ4n) is 1.57. The third-order valence-electron chi connectivity index (χ3n) is 2.30. The van der Waals surface area contributed by atoms with E-state index in [0.29, 0.717) is 0 Å². The molecule has 0 bridgehead atoms. The molecule has 0 atom stereocenters. The number of nitrogens with zero attached hydrogens (tertiary/aromatic N) is 2. The van der Waals surface area contributed by atoms with Gasteiger partial charge in [-0.1, -0.05) is 0 Å². The summed E-state index contributed by atoms with van der Waals surface area (Å²) in [5.74, 6) is 0. The lowest BCUT2D eigenvalue weighted by atomic mass is 10.2. The zero-order valence-electron chi connectivity index (χ0n) is 8.25. The number of hydrogen-bond donors (Lipinski definition) is 0. The van der Waals surface area contributed by atoms with Gasteiger partial charge in [0, 0.05) is 17.8 Å². The number of aromatic nitrogens is 2. The fraction of sp³-hybridized carbons (Fsp3) is 0.200. The van der Waals surface area contributed by atoms with Crippen LogP contribution in [0.1, 0.15) is 11.3 Å². The first-order valence-electron chi connectivity index (χ1n) is 4.44. The molecular formula is C10H7F3N2O. The second kappa shape index (κ2) is 3.33. The minimum atomic E-state index is -4.57. The molecule has 0 saturated carbocycles. The van der Waals surface area contributed by atoms with Gasteiger partial charge in [-0.25, -0.2) is 4.98 Å². The van der Waals surface area contributed by atoms with Gasteiger partial charge in [0.2, 0.25) is 0 Å². The highest BCUT2D eigenvalue weighted by Crippen LogP contribution is 2.30. The van der Waals surface area contributed by atoms with E-state index >= 15 is 0 Å². The van der Waals surface area contributed by atoms with Gasteiger partial charge in [0.05, 0.1) is 11.8 Å². The summed E-state index contributed by atoms with van der Waals surface area (Å²) in [4.78, 5) is 15.0. The van der Waals surface area contributed by atoms with Crippen LogP contribution in [0, 0.1) is 6.92 Å². The maximum Gasteiger partial charge on any atom is 0.432 e. The first-order valence-corrected chi connectivity index (χ1v) is 4.44. The van der Waals surface area contributed by atoms with Gasteiger partial charge in [-0.3, -0.25) is 9.20 Å². The molecule has 0 saturated heterocycles. The van der Waals surface area contributed by atoms with Crippen molar-refractivity contribution in [3.05, 3.63) is 46.1 Å². The van der Waals surface area contributed by atoms with E-state index in [1.165, 1.54) is 12.3 Å². The van der Waals surface area contributed by atoms with Crippen molar-refractivity contribution < 1.29 is 13.2 Å². The summed E-state index contributed by atoms with van der Waals surface area (Å²) in [6, 6.07) is 2.52. The normalized spacial score (nSPS) is 12.0. The summed E-state index contributed by atoms with van der Waals surface area (Å²) in [6.07, 6.45) is -2.19. The molecule has 6 heteroatoms. The number of fused-ring (bicyclic) bond motifs is 1. The van der Waals surface area contributed by atoms with Gasteiger partial charge in [-0.05, 0) is 13.0 Å². The Hall–Kier alpha value is -1.85. The molecule has 0 radical (unpaired) electrons. The first-order chi connectivity index (χ1) is 7.41. The standard InChI is InChI=1S/C10H7F3N2O/c1-6-8(16)4-7-2-3-14-5-15(7)9(6)10(11,12)13/h2-5H,1H3. The van der Waals surface area contributed by atoms with Crippen molar-refractivity contribution in [3.8, 4) is 0 Å². The molecule has 2 aromatic rings. The molecular weight excluding hydrogens is 221 g/mol. The van der Waals surface area contributed by atoms with Crippen molar-refractivity contribution in [2.45, 2.75) is 13.1 Å². The fourth-order valence-corrected chi connectivity index (χ4v) is 1.57. The van der Waals surface area contributed by atoms with Crippen molar-refractivity contribution >= 4 is 5.52 Å². The van der Waals surface area contributed by atoms with E-state index in [1.54, 1.807) is 0 Å². The van der Waals surface area contributed by atoms with Crippen LogP contribution in [0.5, 0.6) is 0 Å². The molecule has 0 N–H and O–H groups in total. The monoisotopic (exact) mass is 228 g/mol. The summed E-state index contributed by atoms with van der Waals surface area (Å²) in [6.45, 7) is 1.16. The molecule has 0 amide bonds. The summed E-state index contributed by atoms with van der Waals surface area (Å²) >= 11 is 0. The third kappa shape index (κ3) is 1.56. The minimum absolute atomic E-state index is 0.179. The van der Waals surface area contributed by atoms with E-state index < -0.39 is 17.3 Å². The first kappa shape index (κ1) is 10.7. The smallest absolute Gasteiger partial charge is 0.296 e. The van der Waals surface area contributed by atoms with Gasteiger partial charge in [-0.15, -0.1) is 0 Å². The largest absolute Gasteiger partial charge is 0.432 e. The molecule has 3 nitrogen and oxygen atoms in total. The lowest BCUT2D eigenvalue weighted by molar-refractivity contribution is -0.142. The van der Waals surface area contributed by atoms with Gasteiger partial charge in [0.25, 0.3) is 0 Å². The van der Waals surface area contributed by atoms with E-state index in [2.05, 4.69) is 4.98 Å². The van der Waals surface area contributed by atoms with Crippen LogP contribution >= 0.6 is 0 Å². The van der Waals surface area contributed by atoms with E-state index in [0.717, 1.165) is 23.7 Å². The zero-order chi connectivity index (χ0) is 11.9. The highest BCUT2D eigenvalue weighted by atomic mass is 19.4. The van der Waals surface area contributed by atoms with Crippen LogP contribution in [0.4, 0.5) is 13.2 Å². The van der Waals surface area contributed by atoms with Gasteiger partial charge in [0.1, 0.15) is 5.69 Å². The molecule has 2 aromatic heterocycles. The van der Waals surface area contributed by atoms with Crippen LogP contribution < -0.4 is 5.43 Å². The van der Waals surface area contributed by atoms with E-state index in [4.69, 9.17) is 0 Å². The predicted octanol–water partition coefficient (Wildman–Crippen LogP) is 2.02. The number of pyridine rings is 1. The van der Waals surface area contributed by atoms with Crippen LogP contribution in [0.15, 0.2) is 29.5 Å². The molecule has 2 rings (SSSR count). The average molecular weight is 228 g/mol. The zero-order valence-corrected chi connectivity index (χ0v) is 8.25. The summed E-state index contributed by atoms with van der Waals surface area (Å²) < 4.78 is 39.2. The Labute approximate surface area is 88.2 Å². The van der Waals surface area contributed by atoms with Gasteiger partial charge >= 0.3 is 6.18 Å². The van der Waals surface area contributed by atoms with Crippen molar-refractivity contribution in [1.82, 2.24) is 9.38 Å². The molecule has 0 aliphatic heterocycles. The molecule has 0 aliphatic rings. The van der Waals surface area contributed by atoms with Crippen molar-refractivity contribution in [1.29, 1.82) is 0 Å². The van der Waals surface area contributed by atoms with Crippen LogP contribution in [-0.4, -0.2) is 9.38 Å². The third-order valence-corrected chi connectivity index (χ3v) is 2.30. The Morgan fingerprint density at radius 2 is 2.06 bits per heavy atom.